The maximum absolute atomic E-state index is 15.0. The van der Waals surface area contributed by atoms with E-state index in [-0.39, 0.29) is 17.2 Å². The van der Waals surface area contributed by atoms with Crippen LogP contribution >= 0.6 is 0 Å². The van der Waals surface area contributed by atoms with Crippen molar-refractivity contribution in [1.82, 2.24) is 24.8 Å². The van der Waals surface area contributed by atoms with Crippen molar-refractivity contribution in [2.24, 2.45) is 0 Å². The van der Waals surface area contributed by atoms with Gasteiger partial charge in [-0.2, -0.15) is 5.26 Å². The molecule has 3 aromatic rings. The number of aromatic nitrogens is 3. The summed E-state index contributed by atoms with van der Waals surface area (Å²) in [7, 11) is 2.10. The molecule has 1 fully saturated rings. The summed E-state index contributed by atoms with van der Waals surface area (Å²) in [5.41, 5.74) is 3.28. The van der Waals surface area contributed by atoms with Crippen LogP contribution in [0.1, 0.15) is 17.0 Å². The molecule has 0 unspecified atom stereocenters. The van der Waals surface area contributed by atoms with Gasteiger partial charge < -0.3 is 19.5 Å². The summed E-state index contributed by atoms with van der Waals surface area (Å²) >= 11 is 0. The molecule has 1 N–H and O–H groups in total. The Bertz CT molecular complexity index is 1220. The van der Waals surface area contributed by atoms with E-state index in [0.29, 0.717) is 23.0 Å². The Balaban J connectivity index is 1.63. The number of nitrogens with one attached hydrogen (secondary N) is 1. The molecule has 32 heavy (non-hydrogen) atoms. The highest BCUT2D eigenvalue weighted by atomic mass is 19.1. The lowest BCUT2D eigenvalue weighted by Crippen LogP contribution is -2.44. The van der Waals surface area contributed by atoms with Crippen LogP contribution in [-0.2, 0) is 6.42 Å². The van der Waals surface area contributed by atoms with Gasteiger partial charge in [0.25, 0.3) is 0 Å². The van der Waals surface area contributed by atoms with Crippen molar-refractivity contribution in [3.05, 3.63) is 71.7 Å². The average molecular weight is 433 g/mol. The van der Waals surface area contributed by atoms with Crippen LogP contribution in [0.25, 0.3) is 10.9 Å². The first-order valence-electron chi connectivity index (χ1n) is 10.4. The van der Waals surface area contributed by atoms with E-state index in [1.54, 1.807) is 18.2 Å². The number of nitriles is 1. The van der Waals surface area contributed by atoms with Crippen molar-refractivity contribution in [3.8, 4) is 17.7 Å². The monoisotopic (exact) mass is 432 g/mol. The number of allylic oxidation sites excluding steroid dienone is 3. The summed E-state index contributed by atoms with van der Waals surface area (Å²) in [6.07, 6.45) is 5.45. The normalized spacial score (nSPS) is 15.1. The van der Waals surface area contributed by atoms with Crippen LogP contribution in [0.15, 0.2) is 49.0 Å². The molecule has 2 aromatic heterocycles. The van der Waals surface area contributed by atoms with Gasteiger partial charge in [0.1, 0.15) is 18.0 Å². The summed E-state index contributed by atoms with van der Waals surface area (Å²) in [6, 6.07) is 7.14. The number of aromatic amines is 1. The molecule has 0 spiro atoms. The average Bonchev–Trinajstić information content (AvgIpc) is 3.17. The number of likely N-dealkylation sites (N-methyl/N-ethyl adjacent to an activating group) is 1. The fourth-order valence-corrected chi connectivity index (χ4v) is 3.88. The molecule has 7 nitrogen and oxygen atoms in total. The van der Waals surface area contributed by atoms with E-state index in [4.69, 9.17) is 4.74 Å². The van der Waals surface area contributed by atoms with E-state index in [1.165, 1.54) is 12.4 Å². The first-order valence-corrected chi connectivity index (χ1v) is 10.4. The summed E-state index contributed by atoms with van der Waals surface area (Å²) < 4.78 is 20.8. The number of halogens is 1. The number of hydrogen-bond donors (Lipinski definition) is 1. The third-order valence-electron chi connectivity index (χ3n) is 5.61. The number of rotatable bonds is 6. The van der Waals surface area contributed by atoms with Crippen LogP contribution in [0.3, 0.4) is 0 Å². The Hall–Kier alpha value is -3.70. The van der Waals surface area contributed by atoms with Crippen molar-refractivity contribution in [2.45, 2.75) is 13.3 Å². The minimum absolute atomic E-state index is 0.0126. The van der Waals surface area contributed by atoms with Crippen LogP contribution < -0.4 is 4.74 Å². The molecule has 4 rings (SSSR count). The molecule has 0 atom stereocenters. The minimum atomic E-state index is -0.499. The Morgan fingerprint density at radius 2 is 2.09 bits per heavy atom. The summed E-state index contributed by atoms with van der Waals surface area (Å²) in [5, 5.41) is 10.3. The number of H-pyrrole nitrogens is 1. The first kappa shape index (κ1) is 21.5. The molecule has 8 heteroatoms. The van der Waals surface area contributed by atoms with Crippen LogP contribution in [0.2, 0.25) is 0 Å². The predicted molar refractivity (Wildman–Crippen MR) is 121 cm³/mol. The molecule has 0 amide bonds. The summed E-state index contributed by atoms with van der Waals surface area (Å²) in [6.45, 7) is 9.36. The Labute approximate surface area is 186 Å². The van der Waals surface area contributed by atoms with Gasteiger partial charge in [-0.25, -0.2) is 14.4 Å². The quantitative estimate of drug-likeness (QED) is 0.595. The predicted octanol–water partition coefficient (Wildman–Crippen LogP) is 3.93. The molecule has 0 aliphatic carbocycles. The van der Waals surface area contributed by atoms with Gasteiger partial charge >= 0.3 is 0 Å². The lowest BCUT2D eigenvalue weighted by Gasteiger charge is -2.35. The highest BCUT2D eigenvalue weighted by Gasteiger charge is 2.21. The van der Waals surface area contributed by atoms with Gasteiger partial charge in [0.05, 0.1) is 5.69 Å². The molecule has 1 aliphatic heterocycles. The fraction of sp³-hybridized carbons (Fsp3) is 0.292. The van der Waals surface area contributed by atoms with Gasteiger partial charge in [0.2, 0.25) is 5.88 Å². The SMILES string of the molecule is C=C/C=C(\Cc1ncnc(Oc2ccc3[nH]c(C)cc3c2F)c1C#N)N1CCN(C)CC1. The molecule has 1 saturated heterocycles. The Morgan fingerprint density at radius 1 is 1.31 bits per heavy atom. The maximum Gasteiger partial charge on any atom is 0.240 e. The number of fused-ring (bicyclic) bond motifs is 1. The molecule has 164 valence electrons. The highest BCUT2D eigenvalue weighted by Crippen LogP contribution is 2.32. The Kier molecular flexibility index (Phi) is 6.19. The third kappa shape index (κ3) is 4.34. The first-order chi connectivity index (χ1) is 15.5. The van der Waals surface area contributed by atoms with Crippen molar-refractivity contribution >= 4 is 10.9 Å². The van der Waals surface area contributed by atoms with Crippen LogP contribution in [0, 0.1) is 24.1 Å². The van der Waals surface area contributed by atoms with Crippen LogP contribution in [0.5, 0.6) is 11.6 Å². The highest BCUT2D eigenvalue weighted by molar-refractivity contribution is 5.82. The van der Waals surface area contributed by atoms with Gasteiger partial charge in [-0.05, 0) is 38.2 Å². The lowest BCUT2D eigenvalue weighted by atomic mass is 10.1. The molecule has 0 radical (unpaired) electrons. The molecule has 3 heterocycles. The fourth-order valence-electron chi connectivity index (χ4n) is 3.88. The minimum Gasteiger partial charge on any atom is -0.434 e. The molecular weight excluding hydrogens is 407 g/mol. The van der Waals surface area contributed by atoms with E-state index in [0.717, 1.165) is 37.6 Å². The summed E-state index contributed by atoms with van der Waals surface area (Å²) in [5.74, 6) is -0.446. The molecule has 1 aromatic carbocycles. The maximum atomic E-state index is 15.0. The van der Waals surface area contributed by atoms with Gasteiger partial charge in [-0.3, -0.25) is 0 Å². The zero-order chi connectivity index (χ0) is 22.7. The zero-order valence-corrected chi connectivity index (χ0v) is 18.2. The summed E-state index contributed by atoms with van der Waals surface area (Å²) in [4.78, 5) is 16.1. The lowest BCUT2D eigenvalue weighted by molar-refractivity contribution is 0.183. The van der Waals surface area contributed by atoms with Crippen LogP contribution in [0.4, 0.5) is 4.39 Å². The standard InChI is InChI=1S/C24H25FN6O/c1-4-5-17(31-10-8-30(3)9-11-31)13-21-19(14-26)24(28-15-27-21)32-22-7-6-20-18(23(22)25)12-16(2)29-20/h4-7,12,15,29H,1,8-11,13H2,2-3H3/b17-5+. The number of aryl methyl sites for hydroxylation is 1. The number of nitrogens with zero attached hydrogens (tertiary/aromatic N) is 5. The van der Waals surface area contributed by atoms with Crippen molar-refractivity contribution in [3.63, 3.8) is 0 Å². The van der Waals surface area contributed by atoms with E-state index >= 15 is 0 Å². The second-order valence-corrected chi connectivity index (χ2v) is 7.87. The third-order valence-corrected chi connectivity index (χ3v) is 5.61. The largest absolute Gasteiger partial charge is 0.434 e. The number of ether oxygens (including phenoxy) is 1. The van der Waals surface area contributed by atoms with Crippen molar-refractivity contribution in [2.75, 3.05) is 33.2 Å². The number of piperazine rings is 1. The van der Waals surface area contributed by atoms with E-state index < -0.39 is 5.82 Å². The van der Waals surface area contributed by atoms with Crippen molar-refractivity contribution < 1.29 is 9.13 Å². The number of benzene rings is 1. The van der Waals surface area contributed by atoms with E-state index in [1.807, 2.05) is 13.0 Å². The smallest absolute Gasteiger partial charge is 0.240 e. The van der Waals surface area contributed by atoms with Crippen molar-refractivity contribution in [1.29, 1.82) is 5.26 Å². The van der Waals surface area contributed by atoms with E-state index in [9.17, 15) is 9.65 Å². The van der Waals surface area contributed by atoms with Gasteiger partial charge in [0.15, 0.2) is 11.6 Å². The molecule has 0 saturated carbocycles. The van der Waals surface area contributed by atoms with Gasteiger partial charge in [-0.15, -0.1) is 0 Å². The second kappa shape index (κ2) is 9.20. The van der Waals surface area contributed by atoms with E-state index in [2.05, 4.69) is 44.4 Å². The Morgan fingerprint density at radius 3 is 2.81 bits per heavy atom. The molecular formula is C24H25FN6O. The molecule has 0 bridgehead atoms. The van der Waals surface area contributed by atoms with Gasteiger partial charge in [-0.1, -0.05) is 12.7 Å². The topological polar surface area (TPSA) is 81.1 Å². The van der Waals surface area contributed by atoms with Gasteiger partial charge in [0, 0.05) is 54.9 Å². The molecule has 1 aliphatic rings. The zero-order valence-electron chi connectivity index (χ0n) is 18.2. The number of hydrogen-bond acceptors (Lipinski definition) is 6. The second-order valence-electron chi connectivity index (χ2n) is 7.87. The van der Waals surface area contributed by atoms with Crippen LogP contribution in [-0.4, -0.2) is 58.0 Å².